The van der Waals surface area contributed by atoms with E-state index in [0.717, 1.165) is 11.8 Å². The average molecular weight is 517 g/mol. The molecule has 1 fully saturated rings. The molecule has 0 aromatic heterocycles. The second-order valence-corrected chi connectivity index (χ2v) is 9.46. The topological polar surface area (TPSA) is 145 Å². The molecule has 0 bridgehead atoms. The van der Waals surface area contributed by atoms with E-state index in [1.165, 1.54) is 34.5 Å². The minimum atomic E-state index is -0.932. The van der Waals surface area contributed by atoms with Gasteiger partial charge in [-0.15, -0.1) is 0 Å². The zero-order valence-electron chi connectivity index (χ0n) is 18.6. The number of thiocarbonyl (C=S) groups is 1. The second kappa shape index (κ2) is 11.8. The van der Waals surface area contributed by atoms with Gasteiger partial charge in [-0.2, -0.15) is 0 Å². The first-order valence-corrected chi connectivity index (χ1v) is 12.0. The molecule has 0 aliphatic carbocycles. The van der Waals surface area contributed by atoms with Gasteiger partial charge in [0.15, 0.2) is 0 Å². The summed E-state index contributed by atoms with van der Waals surface area (Å²) in [7, 11) is 0. The fourth-order valence-corrected chi connectivity index (χ4v) is 5.34. The Morgan fingerprint density at radius 1 is 1.23 bits per heavy atom. The number of ether oxygens (including phenoxy) is 1. The number of primary amides is 1. The predicted molar refractivity (Wildman–Crippen MR) is 135 cm³/mol. The molecule has 1 heterocycles. The van der Waals surface area contributed by atoms with Crippen molar-refractivity contribution in [1.29, 1.82) is 0 Å². The summed E-state index contributed by atoms with van der Waals surface area (Å²) in [6.45, 7) is 0.297. The third-order valence-electron chi connectivity index (χ3n) is 5.59. The van der Waals surface area contributed by atoms with Crippen molar-refractivity contribution < 1.29 is 24.0 Å². The molecule has 1 saturated heterocycles. The number of nitro benzene ring substituents is 1. The number of nitrogens with two attached hydrogens (primary N) is 1. The first-order chi connectivity index (χ1) is 16.7. The van der Waals surface area contributed by atoms with Gasteiger partial charge in [-0.05, 0) is 30.5 Å². The number of carbonyl (C=O) groups excluding carboxylic acids is 3. The summed E-state index contributed by atoms with van der Waals surface area (Å²) in [5.41, 5.74) is 5.31. The van der Waals surface area contributed by atoms with Crippen molar-refractivity contribution in [3.05, 3.63) is 75.8 Å². The third kappa shape index (κ3) is 6.76. The zero-order valence-corrected chi connectivity index (χ0v) is 20.3. The van der Waals surface area contributed by atoms with Crippen molar-refractivity contribution in [1.82, 2.24) is 10.2 Å². The van der Waals surface area contributed by atoms with Gasteiger partial charge in [0.1, 0.15) is 6.61 Å². The van der Waals surface area contributed by atoms with Gasteiger partial charge in [0, 0.05) is 41.4 Å². The second-order valence-electron chi connectivity index (χ2n) is 7.95. The number of nitrogens with zero attached hydrogens (tertiary/aromatic N) is 2. The van der Waals surface area contributed by atoms with E-state index < -0.39 is 22.6 Å². The molecule has 3 N–H and O–H groups in total. The van der Waals surface area contributed by atoms with Gasteiger partial charge in [-0.3, -0.25) is 19.8 Å². The van der Waals surface area contributed by atoms with Crippen LogP contribution in [0, 0.1) is 10.1 Å². The number of hydrogen-bond donors (Lipinski definition) is 2. The van der Waals surface area contributed by atoms with E-state index in [1.807, 2.05) is 6.07 Å². The SMILES string of the molecule is NC(=O)NCC[C@@]1(C=S)C[C@H](SC(=O)c2ccccc2)CN1C(=O)OCc1ccc([N+](=O)[O-])cc1. The number of hydrogen-bond acceptors (Lipinski definition) is 8. The van der Waals surface area contributed by atoms with Crippen molar-refractivity contribution >= 4 is 52.3 Å². The van der Waals surface area contributed by atoms with Crippen LogP contribution < -0.4 is 11.1 Å². The number of likely N-dealkylation sites (tertiary alicyclic amines) is 1. The molecular weight excluding hydrogens is 492 g/mol. The van der Waals surface area contributed by atoms with Gasteiger partial charge < -0.3 is 15.8 Å². The number of thioether (sulfide) groups is 1. The molecule has 10 nitrogen and oxygen atoms in total. The highest BCUT2D eigenvalue weighted by Gasteiger charge is 2.48. The Balaban J connectivity index is 1.72. The van der Waals surface area contributed by atoms with E-state index in [4.69, 9.17) is 22.7 Å². The number of nitro groups is 1. The van der Waals surface area contributed by atoms with E-state index in [2.05, 4.69) is 5.32 Å². The number of nitrogens with one attached hydrogen (secondary N) is 1. The molecular formula is C23H24N4O6S2. The zero-order chi connectivity index (χ0) is 25.4. The van der Waals surface area contributed by atoms with Crippen molar-refractivity contribution in [2.45, 2.75) is 30.2 Å². The number of carbonyl (C=O) groups is 3. The molecule has 35 heavy (non-hydrogen) atoms. The van der Waals surface area contributed by atoms with E-state index >= 15 is 0 Å². The van der Waals surface area contributed by atoms with Crippen molar-refractivity contribution in [2.75, 3.05) is 13.1 Å². The number of urea groups is 1. The van der Waals surface area contributed by atoms with Crippen LogP contribution in [-0.2, 0) is 11.3 Å². The Morgan fingerprint density at radius 3 is 2.51 bits per heavy atom. The highest BCUT2D eigenvalue weighted by Crippen LogP contribution is 2.38. The van der Waals surface area contributed by atoms with Gasteiger partial charge >= 0.3 is 12.1 Å². The molecule has 2 atom stereocenters. The molecule has 184 valence electrons. The van der Waals surface area contributed by atoms with Crippen LogP contribution in [0.15, 0.2) is 54.6 Å². The van der Waals surface area contributed by atoms with E-state index in [1.54, 1.807) is 24.3 Å². The lowest BCUT2D eigenvalue weighted by molar-refractivity contribution is -0.384. The van der Waals surface area contributed by atoms with Crippen LogP contribution in [0.3, 0.4) is 0 Å². The molecule has 1 aliphatic rings. The molecule has 0 radical (unpaired) electrons. The highest BCUT2D eigenvalue weighted by atomic mass is 32.2. The fourth-order valence-electron chi connectivity index (χ4n) is 3.83. The van der Waals surface area contributed by atoms with Crippen molar-refractivity contribution in [3.8, 4) is 0 Å². The molecule has 2 aromatic carbocycles. The summed E-state index contributed by atoms with van der Waals surface area (Å²) in [6.07, 6.45) is 0.0499. The molecule has 2 aromatic rings. The van der Waals surface area contributed by atoms with Gasteiger partial charge in [-0.1, -0.05) is 54.3 Å². The smallest absolute Gasteiger partial charge is 0.410 e. The first kappa shape index (κ1) is 26.1. The lowest BCUT2D eigenvalue weighted by Gasteiger charge is -2.34. The number of benzene rings is 2. The maximum Gasteiger partial charge on any atom is 0.410 e. The number of amides is 3. The Kier molecular flexibility index (Phi) is 8.77. The monoisotopic (exact) mass is 516 g/mol. The highest BCUT2D eigenvalue weighted by molar-refractivity contribution is 8.14. The number of rotatable bonds is 9. The van der Waals surface area contributed by atoms with Crippen LogP contribution in [0.25, 0.3) is 0 Å². The summed E-state index contributed by atoms with van der Waals surface area (Å²) >= 11 is 6.43. The first-order valence-electron chi connectivity index (χ1n) is 10.7. The molecule has 1 aliphatic heterocycles. The van der Waals surface area contributed by atoms with Crippen LogP contribution in [0.2, 0.25) is 0 Å². The number of non-ortho nitro benzene ring substituents is 1. The predicted octanol–water partition coefficient (Wildman–Crippen LogP) is 3.68. The summed E-state index contributed by atoms with van der Waals surface area (Å²) < 4.78 is 5.48. The maximum absolute atomic E-state index is 13.1. The Morgan fingerprint density at radius 2 is 1.91 bits per heavy atom. The third-order valence-corrected chi connectivity index (χ3v) is 7.13. The van der Waals surface area contributed by atoms with Crippen LogP contribution in [-0.4, -0.2) is 56.3 Å². The lowest BCUT2D eigenvalue weighted by atomic mass is 9.94. The molecule has 0 spiro atoms. The molecule has 3 amide bonds. The van der Waals surface area contributed by atoms with Gasteiger partial charge in [0.2, 0.25) is 5.12 Å². The fraction of sp³-hybridized carbons (Fsp3) is 0.304. The molecule has 0 unspecified atom stereocenters. The van der Waals surface area contributed by atoms with E-state index in [0.29, 0.717) is 24.0 Å². The Labute approximate surface area is 211 Å². The Bertz CT molecular complexity index is 1100. The van der Waals surface area contributed by atoms with Crippen LogP contribution >= 0.6 is 24.0 Å². The standard InChI is InChI=1S/C23H24N4O6S2/c24-21(29)25-11-10-23(15-34)12-19(35-20(28)17-4-2-1-3-5-17)13-26(23)22(30)33-14-16-6-8-18(9-7-16)27(31)32/h1-9,15,19H,10-14H2,(H3,24,25,29)/t19-,23-/m0/s1. The van der Waals surface area contributed by atoms with E-state index in [9.17, 15) is 24.5 Å². The molecule has 12 heteroatoms. The summed E-state index contributed by atoms with van der Waals surface area (Å²) in [5, 5.41) is 14.4. The van der Waals surface area contributed by atoms with E-state index in [-0.39, 0.29) is 35.7 Å². The van der Waals surface area contributed by atoms with Crippen LogP contribution in [0.5, 0.6) is 0 Å². The summed E-state index contributed by atoms with van der Waals surface area (Å²) in [6, 6.07) is 13.8. The summed E-state index contributed by atoms with van der Waals surface area (Å²) in [4.78, 5) is 48.8. The normalized spacial score (nSPS) is 19.1. The van der Waals surface area contributed by atoms with Crippen molar-refractivity contribution in [3.63, 3.8) is 0 Å². The van der Waals surface area contributed by atoms with Crippen LogP contribution in [0.1, 0.15) is 28.8 Å². The minimum absolute atomic E-state index is 0.0655. The van der Waals surface area contributed by atoms with Crippen LogP contribution in [0.4, 0.5) is 15.3 Å². The van der Waals surface area contributed by atoms with Gasteiger partial charge in [0.25, 0.3) is 5.69 Å². The van der Waals surface area contributed by atoms with Gasteiger partial charge in [0.05, 0.1) is 10.5 Å². The maximum atomic E-state index is 13.1. The quantitative estimate of drug-likeness (QED) is 0.292. The van der Waals surface area contributed by atoms with Crippen molar-refractivity contribution in [2.24, 2.45) is 5.73 Å². The largest absolute Gasteiger partial charge is 0.445 e. The summed E-state index contributed by atoms with van der Waals surface area (Å²) in [5.74, 6) is 0. The average Bonchev–Trinajstić information content (AvgIpc) is 3.21. The molecule has 3 rings (SSSR count). The van der Waals surface area contributed by atoms with Gasteiger partial charge in [-0.25, -0.2) is 9.59 Å². The minimum Gasteiger partial charge on any atom is -0.445 e. The lowest BCUT2D eigenvalue weighted by Crippen LogP contribution is -2.50. The molecule has 0 saturated carbocycles. The Hall–Kier alpha value is -3.51.